The van der Waals surface area contributed by atoms with Crippen LogP contribution >= 0.6 is 0 Å². The van der Waals surface area contributed by atoms with Crippen LogP contribution in [0.25, 0.3) is 0 Å². The van der Waals surface area contributed by atoms with Crippen LogP contribution in [-0.4, -0.2) is 39.3 Å². The number of methoxy groups -OCH3 is 1. The highest BCUT2D eigenvalue weighted by atomic mass is 16.5. The zero-order valence-corrected chi connectivity index (χ0v) is 11.3. The van der Waals surface area contributed by atoms with Gasteiger partial charge in [-0.3, -0.25) is 0 Å². The molecule has 3 rings (SSSR count). The number of piperidine rings is 1. The van der Waals surface area contributed by atoms with Gasteiger partial charge in [-0.25, -0.2) is 4.79 Å². The molecule has 2 aliphatic heterocycles. The molecular weight excluding hydrogens is 240 g/mol. The molecule has 2 aliphatic rings. The molecule has 0 radical (unpaired) electrons. The summed E-state index contributed by atoms with van der Waals surface area (Å²) in [6.45, 7) is 4.59. The van der Waals surface area contributed by atoms with Crippen molar-refractivity contribution in [3.8, 4) is 0 Å². The van der Waals surface area contributed by atoms with E-state index in [0.29, 0.717) is 11.0 Å². The number of nitrogens with one attached hydrogen (secondary N) is 1. The Balaban J connectivity index is 1.65. The van der Waals surface area contributed by atoms with Crippen molar-refractivity contribution >= 4 is 11.7 Å². The standard InChI is InChI=1S/C15H20N2O2/c1-19-14(18)12-2-4-13(5-3-12)17-8-6-15(7-9-17)10-16-11-15/h2-5,16H,6-11H2,1H3. The number of rotatable bonds is 2. The number of carbonyl (C=O) groups is 1. The van der Waals surface area contributed by atoms with Gasteiger partial charge in [0.2, 0.25) is 0 Å². The number of esters is 1. The van der Waals surface area contributed by atoms with Crippen LogP contribution in [0, 0.1) is 5.41 Å². The van der Waals surface area contributed by atoms with E-state index in [1.54, 1.807) is 0 Å². The summed E-state index contributed by atoms with van der Waals surface area (Å²) in [4.78, 5) is 13.8. The second kappa shape index (κ2) is 4.85. The molecule has 4 heteroatoms. The smallest absolute Gasteiger partial charge is 0.337 e. The summed E-state index contributed by atoms with van der Waals surface area (Å²) in [6, 6.07) is 7.72. The summed E-state index contributed by atoms with van der Waals surface area (Å²) in [5.74, 6) is -0.273. The van der Waals surface area contributed by atoms with Gasteiger partial charge in [-0.2, -0.15) is 0 Å². The van der Waals surface area contributed by atoms with Crippen LogP contribution in [0.15, 0.2) is 24.3 Å². The summed E-state index contributed by atoms with van der Waals surface area (Å²) in [5, 5.41) is 3.38. The summed E-state index contributed by atoms with van der Waals surface area (Å²) in [5.41, 5.74) is 2.39. The topological polar surface area (TPSA) is 41.6 Å². The van der Waals surface area contributed by atoms with E-state index in [4.69, 9.17) is 4.74 Å². The van der Waals surface area contributed by atoms with Gasteiger partial charge in [-0.1, -0.05) is 0 Å². The fourth-order valence-electron chi connectivity index (χ4n) is 3.00. The van der Waals surface area contributed by atoms with Crippen LogP contribution < -0.4 is 10.2 Å². The zero-order chi connectivity index (χ0) is 13.3. The maximum Gasteiger partial charge on any atom is 0.337 e. The molecule has 1 spiro atoms. The summed E-state index contributed by atoms with van der Waals surface area (Å²) in [7, 11) is 1.41. The van der Waals surface area contributed by atoms with E-state index >= 15 is 0 Å². The number of hydrogen-bond acceptors (Lipinski definition) is 4. The Labute approximate surface area is 113 Å². The minimum absolute atomic E-state index is 0.273. The van der Waals surface area contributed by atoms with E-state index in [0.717, 1.165) is 13.1 Å². The number of ether oxygens (including phenoxy) is 1. The lowest BCUT2D eigenvalue weighted by Crippen LogP contribution is -2.58. The number of nitrogens with zero attached hydrogens (tertiary/aromatic N) is 1. The van der Waals surface area contributed by atoms with Gasteiger partial charge in [0.25, 0.3) is 0 Å². The first-order chi connectivity index (χ1) is 9.22. The fourth-order valence-corrected chi connectivity index (χ4v) is 3.00. The monoisotopic (exact) mass is 260 g/mol. The molecule has 0 atom stereocenters. The molecule has 0 aromatic heterocycles. The Hall–Kier alpha value is -1.55. The van der Waals surface area contributed by atoms with E-state index in [1.165, 1.54) is 38.7 Å². The first kappa shape index (κ1) is 12.5. The van der Waals surface area contributed by atoms with Gasteiger partial charge >= 0.3 is 5.97 Å². The van der Waals surface area contributed by atoms with Crippen molar-refractivity contribution in [1.29, 1.82) is 0 Å². The highest BCUT2D eigenvalue weighted by Gasteiger charge is 2.39. The number of anilines is 1. The minimum atomic E-state index is -0.273. The lowest BCUT2D eigenvalue weighted by molar-refractivity contribution is 0.0601. The maximum absolute atomic E-state index is 11.4. The molecule has 2 heterocycles. The third-order valence-corrected chi connectivity index (χ3v) is 4.48. The number of hydrogen-bond donors (Lipinski definition) is 1. The van der Waals surface area contributed by atoms with E-state index < -0.39 is 0 Å². The number of carbonyl (C=O) groups excluding carboxylic acids is 1. The highest BCUT2D eigenvalue weighted by Crippen LogP contribution is 2.36. The van der Waals surface area contributed by atoms with Crippen molar-refractivity contribution < 1.29 is 9.53 Å². The summed E-state index contributed by atoms with van der Waals surface area (Å²) >= 11 is 0. The summed E-state index contributed by atoms with van der Waals surface area (Å²) in [6.07, 6.45) is 2.53. The van der Waals surface area contributed by atoms with Crippen LogP contribution in [0.3, 0.4) is 0 Å². The molecule has 0 bridgehead atoms. The Morgan fingerprint density at radius 3 is 2.32 bits per heavy atom. The van der Waals surface area contributed by atoms with Crippen molar-refractivity contribution in [1.82, 2.24) is 5.32 Å². The lowest BCUT2D eigenvalue weighted by atomic mass is 9.73. The molecule has 0 unspecified atom stereocenters. The first-order valence-corrected chi connectivity index (χ1v) is 6.87. The Morgan fingerprint density at radius 1 is 1.21 bits per heavy atom. The Bertz CT molecular complexity index is 456. The third-order valence-electron chi connectivity index (χ3n) is 4.48. The number of benzene rings is 1. The van der Waals surface area contributed by atoms with E-state index in [9.17, 15) is 4.79 Å². The van der Waals surface area contributed by atoms with Crippen molar-refractivity contribution in [3.63, 3.8) is 0 Å². The molecule has 2 fully saturated rings. The first-order valence-electron chi connectivity index (χ1n) is 6.87. The van der Waals surface area contributed by atoms with Crippen molar-refractivity contribution in [2.24, 2.45) is 5.41 Å². The maximum atomic E-state index is 11.4. The largest absolute Gasteiger partial charge is 0.465 e. The molecule has 1 N–H and O–H groups in total. The van der Waals surface area contributed by atoms with Crippen molar-refractivity contribution in [3.05, 3.63) is 29.8 Å². The van der Waals surface area contributed by atoms with Gasteiger partial charge < -0.3 is 15.0 Å². The van der Waals surface area contributed by atoms with Crippen molar-refractivity contribution in [2.45, 2.75) is 12.8 Å². The van der Waals surface area contributed by atoms with Gasteiger partial charge in [-0.15, -0.1) is 0 Å². The SMILES string of the molecule is COC(=O)c1ccc(N2CCC3(CC2)CNC3)cc1. The van der Waals surface area contributed by atoms with Gasteiger partial charge in [0.15, 0.2) is 0 Å². The van der Waals surface area contributed by atoms with E-state index in [2.05, 4.69) is 10.2 Å². The van der Waals surface area contributed by atoms with Crippen molar-refractivity contribution in [2.75, 3.05) is 38.2 Å². The fraction of sp³-hybridized carbons (Fsp3) is 0.533. The van der Waals surface area contributed by atoms with Crippen LogP contribution in [-0.2, 0) is 4.74 Å². The van der Waals surface area contributed by atoms with Gasteiger partial charge in [0.1, 0.15) is 0 Å². The Kier molecular flexibility index (Phi) is 3.19. The molecular formula is C15H20N2O2. The third kappa shape index (κ3) is 2.32. The second-order valence-corrected chi connectivity index (χ2v) is 5.63. The van der Waals surface area contributed by atoms with Crippen LogP contribution in [0.1, 0.15) is 23.2 Å². The lowest BCUT2D eigenvalue weighted by Gasteiger charge is -2.49. The predicted molar refractivity (Wildman–Crippen MR) is 74.5 cm³/mol. The molecule has 1 aromatic rings. The highest BCUT2D eigenvalue weighted by molar-refractivity contribution is 5.89. The second-order valence-electron chi connectivity index (χ2n) is 5.63. The molecule has 0 saturated carbocycles. The van der Waals surface area contributed by atoms with Gasteiger partial charge in [0.05, 0.1) is 12.7 Å². The van der Waals surface area contributed by atoms with E-state index in [-0.39, 0.29) is 5.97 Å². The molecule has 2 saturated heterocycles. The normalized spacial score (nSPS) is 21.0. The van der Waals surface area contributed by atoms with Crippen LogP contribution in [0.4, 0.5) is 5.69 Å². The molecule has 1 aromatic carbocycles. The van der Waals surface area contributed by atoms with Crippen LogP contribution in [0.5, 0.6) is 0 Å². The Morgan fingerprint density at radius 2 is 1.84 bits per heavy atom. The molecule has 0 amide bonds. The molecule has 19 heavy (non-hydrogen) atoms. The van der Waals surface area contributed by atoms with Gasteiger partial charge in [0, 0.05) is 31.9 Å². The predicted octanol–water partition coefficient (Wildman–Crippen LogP) is 1.66. The zero-order valence-electron chi connectivity index (χ0n) is 11.3. The minimum Gasteiger partial charge on any atom is -0.465 e. The summed E-state index contributed by atoms with van der Waals surface area (Å²) < 4.78 is 4.71. The molecule has 0 aliphatic carbocycles. The van der Waals surface area contributed by atoms with Crippen LogP contribution in [0.2, 0.25) is 0 Å². The average Bonchev–Trinajstić information content (AvgIpc) is 2.45. The average molecular weight is 260 g/mol. The molecule has 4 nitrogen and oxygen atoms in total. The molecule has 102 valence electrons. The van der Waals surface area contributed by atoms with Gasteiger partial charge in [-0.05, 0) is 42.5 Å². The quantitative estimate of drug-likeness (QED) is 0.821. The van der Waals surface area contributed by atoms with E-state index in [1.807, 2.05) is 24.3 Å².